The summed E-state index contributed by atoms with van der Waals surface area (Å²) in [5.41, 5.74) is 0.523. The van der Waals surface area contributed by atoms with Gasteiger partial charge in [0.15, 0.2) is 5.78 Å². The van der Waals surface area contributed by atoms with Crippen LogP contribution in [0.3, 0.4) is 0 Å². The van der Waals surface area contributed by atoms with Crippen molar-refractivity contribution in [3.05, 3.63) is 29.8 Å². The lowest BCUT2D eigenvalue weighted by molar-refractivity contribution is -0.146. The minimum absolute atomic E-state index is 0.169. The first-order chi connectivity index (χ1) is 10.6. The molecule has 0 radical (unpaired) electrons. The van der Waals surface area contributed by atoms with Gasteiger partial charge in [0, 0.05) is 5.56 Å². The van der Waals surface area contributed by atoms with E-state index in [1.165, 1.54) is 0 Å². The zero-order chi connectivity index (χ0) is 16.4. The molecule has 122 valence electrons. The summed E-state index contributed by atoms with van der Waals surface area (Å²) < 4.78 is 10.1. The Kier molecular flexibility index (Phi) is 8.26. The van der Waals surface area contributed by atoms with Gasteiger partial charge in [-0.3, -0.25) is 9.59 Å². The topological polar surface area (TPSA) is 52.6 Å². The van der Waals surface area contributed by atoms with E-state index >= 15 is 0 Å². The predicted molar refractivity (Wildman–Crippen MR) is 86.2 cm³/mol. The number of methoxy groups -OCH3 is 1. The smallest absolute Gasteiger partial charge is 0.316 e. The number of esters is 1. The molecule has 0 N–H and O–H groups in total. The van der Waals surface area contributed by atoms with E-state index in [4.69, 9.17) is 9.47 Å². The number of carbonyl (C=O) groups excluding carboxylic acids is 2. The zero-order valence-corrected chi connectivity index (χ0v) is 13.8. The van der Waals surface area contributed by atoms with Crippen molar-refractivity contribution in [3.63, 3.8) is 0 Å². The van der Waals surface area contributed by atoms with Gasteiger partial charge in [-0.15, -0.1) is 0 Å². The third kappa shape index (κ3) is 5.51. The Balaban J connectivity index is 2.78. The molecule has 0 aliphatic carbocycles. The molecule has 0 spiro atoms. The van der Waals surface area contributed by atoms with Crippen LogP contribution in [-0.2, 0) is 9.53 Å². The summed E-state index contributed by atoms with van der Waals surface area (Å²) in [5, 5.41) is 0. The van der Waals surface area contributed by atoms with Crippen molar-refractivity contribution in [2.75, 3.05) is 13.7 Å². The van der Waals surface area contributed by atoms with Crippen molar-refractivity contribution in [1.82, 2.24) is 0 Å². The number of Topliss-reactive ketones (excluding diaryl/α,β-unsaturated/α-hetero) is 1. The summed E-state index contributed by atoms with van der Waals surface area (Å²) in [4.78, 5) is 24.7. The molecule has 0 saturated carbocycles. The summed E-state index contributed by atoms with van der Waals surface area (Å²) >= 11 is 0. The average Bonchev–Trinajstić information content (AvgIpc) is 2.54. The van der Waals surface area contributed by atoms with Gasteiger partial charge in [0.1, 0.15) is 11.7 Å². The van der Waals surface area contributed by atoms with Crippen molar-refractivity contribution in [3.8, 4) is 5.75 Å². The lowest BCUT2D eigenvalue weighted by Gasteiger charge is -2.14. The van der Waals surface area contributed by atoms with Gasteiger partial charge in [0.25, 0.3) is 0 Å². The molecule has 0 fully saturated rings. The monoisotopic (exact) mass is 306 g/mol. The number of rotatable bonds is 10. The minimum atomic E-state index is -0.704. The maximum Gasteiger partial charge on any atom is 0.316 e. The second-order valence-electron chi connectivity index (χ2n) is 5.25. The molecular weight excluding hydrogens is 280 g/mol. The Morgan fingerprint density at radius 2 is 1.73 bits per heavy atom. The molecule has 0 saturated heterocycles. The first-order valence-electron chi connectivity index (χ1n) is 7.98. The third-order valence-electron chi connectivity index (χ3n) is 3.61. The molecule has 1 atom stereocenters. The van der Waals surface area contributed by atoms with Crippen LogP contribution in [0.5, 0.6) is 5.75 Å². The number of hydrogen-bond donors (Lipinski definition) is 0. The van der Waals surface area contributed by atoms with Crippen LogP contribution in [0.2, 0.25) is 0 Å². The van der Waals surface area contributed by atoms with E-state index in [1.54, 1.807) is 38.3 Å². The molecule has 4 nitrogen and oxygen atoms in total. The molecule has 22 heavy (non-hydrogen) atoms. The van der Waals surface area contributed by atoms with E-state index in [0.29, 0.717) is 24.3 Å². The molecule has 1 aromatic rings. The van der Waals surface area contributed by atoms with Gasteiger partial charge in [0.2, 0.25) is 0 Å². The molecule has 0 aliphatic heterocycles. The van der Waals surface area contributed by atoms with Gasteiger partial charge in [-0.1, -0.05) is 32.6 Å². The Labute approximate surface area is 132 Å². The van der Waals surface area contributed by atoms with Crippen molar-refractivity contribution >= 4 is 11.8 Å². The number of unbranched alkanes of at least 4 members (excludes halogenated alkanes) is 3. The summed E-state index contributed by atoms with van der Waals surface area (Å²) in [6.45, 7) is 4.18. The molecular formula is C18H26O4. The first-order valence-corrected chi connectivity index (χ1v) is 7.98. The van der Waals surface area contributed by atoms with Crippen molar-refractivity contribution in [2.45, 2.75) is 46.0 Å². The van der Waals surface area contributed by atoms with Gasteiger partial charge in [-0.05, 0) is 37.6 Å². The SMILES string of the molecule is CCCCCCC(C(=O)OCC)C(=O)c1ccc(OC)cc1. The van der Waals surface area contributed by atoms with E-state index < -0.39 is 11.9 Å². The van der Waals surface area contributed by atoms with Crippen LogP contribution in [0.25, 0.3) is 0 Å². The van der Waals surface area contributed by atoms with E-state index in [-0.39, 0.29) is 5.78 Å². The number of ether oxygens (including phenoxy) is 2. The Morgan fingerprint density at radius 1 is 1.05 bits per heavy atom. The van der Waals surface area contributed by atoms with E-state index in [2.05, 4.69) is 6.92 Å². The zero-order valence-electron chi connectivity index (χ0n) is 13.8. The van der Waals surface area contributed by atoms with Crippen LogP contribution in [-0.4, -0.2) is 25.5 Å². The maximum absolute atomic E-state index is 12.6. The molecule has 1 rings (SSSR count). The molecule has 0 aromatic heterocycles. The van der Waals surface area contributed by atoms with Crippen LogP contribution in [0.15, 0.2) is 24.3 Å². The summed E-state index contributed by atoms with van der Waals surface area (Å²) in [6.07, 6.45) is 4.67. The van der Waals surface area contributed by atoms with E-state index in [0.717, 1.165) is 25.7 Å². The van der Waals surface area contributed by atoms with Gasteiger partial charge >= 0.3 is 5.97 Å². The normalized spacial score (nSPS) is 11.8. The molecule has 0 aliphatic rings. The van der Waals surface area contributed by atoms with Crippen molar-refractivity contribution in [1.29, 1.82) is 0 Å². The highest BCUT2D eigenvalue weighted by atomic mass is 16.5. The van der Waals surface area contributed by atoms with Gasteiger partial charge in [0.05, 0.1) is 13.7 Å². The van der Waals surface area contributed by atoms with Gasteiger partial charge in [-0.25, -0.2) is 0 Å². The van der Waals surface area contributed by atoms with Crippen LogP contribution in [0.4, 0.5) is 0 Å². The summed E-state index contributed by atoms with van der Waals surface area (Å²) in [5.74, 6) is -0.602. The molecule has 1 unspecified atom stereocenters. The Morgan fingerprint density at radius 3 is 2.27 bits per heavy atom. The first kappa shape index (κ1) is 18.2. The summed E-state index contributed by atoms with van der Waals surface area (Å²) in [7, 11) is 1.58. The predicted octanol–water partition coefficient (Wildman–Crippen LogP) is 4.03. The van der Waals surface area contributed by atoms with Gasteiger partial charge < -0.3 is 9.47 Å². The lowest BCUT2D eigenvalue weighted by atomic mass is 9.92. The largest absolute Gasteiger partial charge is 0.497 e. The fourth-order valence-corrected chi connectivity index (χ4v) is 2.33. The van der Waals surface area contributed by atoms with E-state index in [1.807, 2.05) is 0 Å². The fourth-order valence-electron chi connectivity index (χ4n) is 2.33. The molecule has 0 bridgehead atoms. The number of carbonyl (C=O) groups is 2. The number of hydrogen-bond acceptors (Lipinski definition) is 4. The standard InChI is InChI=1S/C18H26O4/c1-4-6-7-8-9-16(18(20)22-5-2)17(19)14-10-12-15(21-3)13-11-14/h10-13,16H,4-9H2,1-3H3. The second kappa shape index (κ2) is 9.98. The van der Waals surface area contributed by atoms with Gasteiger partial charge in [-0.2, -0.15) is 0 Å². The highest BCUT2D eigenvalue weighted by Crippen LogP contribution is 2.20. The Bertz CT molecular complexity index is 464. The molecule has 0 heterocycles. The number of ketones is 1. The van der Waals surface area contributed by atoms with Crippen LogP contribution in [0.1, 0.15) is 56.3 Å². The Hall–Kier alpha value is -1.84. The summed E-state index contributed by atoms with van der Waals surface area (Å²) in [6, 6.07) is 6.85. The maximum atomic E-state index is 12.6. The fraction of sp³-hybridized carbons (Fsp3) is 0.556. The van der Waals surface area contributed by atoms with Crippen LogP contribution >= 0.6 is 0 Å². The molecule has 0 amide bonds. The molecule has 4 heteroatoms. The quantitative estimate of drug-likeness (QED) is 0.283. The third-order valence-corrected chi connectivity index (χ3v) is 3.61. The minimum Gasteiger partial charge on any atom is -0.497 e. The van der Waals surface area contributed by atoms with Crippen LogP contribution in [0, 0.1) is 5.92 Å². The van der Waals surface area contributed by atoms with Crippen LogP contribution < -0.4 is 4.74 Å². The van der Waals surface area contributed by atoms with E-state index in [9.17, 15) is 9.59 Å². The lowest BCUT2D eigenvalue weighted by Crippen LogP contribution is -2.26. The van der Waals surface area contributed by atoms with Crippen molar-refractivity contribution in [2.24, 2.45) is 5.92 Å². The average molecular weight is 306 g/mol. The number of benzene rings is 1. The molecule has 1 aromatic carbocycles. The highest BCUT2D eigenvalue weighted by molar-refractivity contribution is 6.08. The van der Waals surface area contributed by atoms with Crippen molar-refractivity contribution < 1.29 is 19.1 Å². The highest BCUT2D eigenvalue weighted by Gasteiger charge is 2.28. The second-order valence-corrected chi connectivity index (χ2v) is 5.25.